The fraction of sp³-hybridized carbons (Fsp3) is 0.300. The van der Waals surface area contributed by atoms with Crippen LogP contribution in [0.1, 0.15) is 16.3 Å². The monoisotopic (exact) mass is 495 g/mol. The Morgan fingerprint density at radius 3 is 2.59 bits per heavy atom. The van der Waals surface area contributed by atoms with Gasteiger partial charge in [-0.1, -0.05) is 30.3 Å². The molecule has 7 heteroatoms. The molecular formula is C20H26IN5S. The van der Waals surface area contributed by atoms with E-state index in [1.54, 1.807) is 11.3 Å². The smallest absolute Gasteiger partial charge is 0.194 e. The molecule has 0 fully saturated rings. The lowest BCUT2D eigenvalue weighted by Gasteiger charge is -2.22. The highest BCUT2D eigenvalue weighted by Crippen LogP contribution is 2.27. The predicted molar refractivity (Wildman–Crippen MR) is 125 cm³/mol. The summed E-state index contributed by atoms with van der Waals surface area (Å²) in [6.45, 7) is 3.59. The maximum absolute atomic E-state index is 4.72. The van der Waals surface area contributed by atoms with E-state index >= 15 is 0 Å². The Balaban J connectivity index is 0.00000261. The van der Waals surface area contributed by atoms with E-state index in [9.17, 15) is 0 Å². The van der Waals surface area contributed by atoms with E-state index < -0.39 is 0 Å². The Morgan fingerprint density at radius 1 is 1.22 bits per heavy atom. The lowest BCUT2D eigenvalue weighted by atomic mass is 10.2. The van der Waals surface area contributed by atoms with Crippen LogP contribution in [0.3, 0.4) is 0 Å². The fourth-order valence-electron chi connectivity index (χ4n) is 2.82. The maximum Gasteiger partial charge on any atom is 0.194 e. The van der Waals surface area contributed by atoms with Crippen LogP contribution in [0.2, 0.25) is 0 Å². The van der Waals surface area contributed by atoms with Gasteiger partial charge in [-0.15, -0.1) is 35.3 Å². The van der Waals surface area contributed by atoms with E-state index in [1.807, 2.05) is 25.2 Å². The van der Waals surface area contributed by atoms with Crippen molar-refractivity contribution in [2.75, 3.05) is 14.1 Å². The summed E-state index contributed by atoms with van der Waals surface area (Å²) in [6.07, 6.45) is 2.06. The number of nitrogens with one attached hydrogen (secondary N) is 1. The van der Waals surface area contributed by atoms with E-state index in [0.29, 0.717) is 0 Å². The van der Waals surface area contributed by atoms with Crippen molar-refractivity contribution in [3.63, 3.8) is 0 Å². The van der Waals surface area contributed by atoms with Crippen molar-refractivity contribution in [3.05, 3.63) is 64.9 Å². The number of hydrogen-bond donors (Lipinski definition) is 1. The molecule has 0 aliphatic heterocycles. The molecule has 0 unspecified atom stereocenters. The summed E-state index contributed by atoms with van der Waals surface area (Å²) in [4.78, 5) is 12.5. The van der Waals surface area contributed by atoms with Gasteiger partial charge >= 0.3 is 0 Å². The van der Waals surface area contributed by atoms with Gasteiger partial charge in [-0.2, -0.15) is 0 Å². The average molecular weight is 495 g/mol. The summed E-state index contributed by atoms with van der Waals surface area (Å²) >= 11 is 1.73. The number of thiazole rings is 1. The molecule has 0 radical (unpaired) electrons. The second-order valence-corrected chi connectivity index (χ2v) is 7.34. The number of aliphatic imine (C=N–C) groups is 1. The Kier molecular flexibility index (Phi) is 7.85. The number of aryl methyl sites for hydroxylation is 2. The molecule has 0 bridgehead atoms. The molecule has 2 aromatic heterocycles. The summed E-state index contributed by atoms with van der Waals surface area (Å²) < 4.78 is 2.13. The van der Waals surface area contributed by atoms with Crippen LogP contribution in [0.25, 0.3) is 10.6 Å². The molecule has 27 heavy (non-hydrogen) atoms. The molecular weight excluding hydrogens is 469 g/mol. The van der Waals surface area contributed by atoms with Crippen molar-refractivity contribution in [2.24, 2.45) is 12.0 Å². The minimum atomic E-state index is 0. The molecule has 2 heterocycles. The van der Waals surface area contributed by atoms with Crippen LogP contribution in [0, 0.1) is 6.92 Å². The third-order valence-electron chi connectivity index (χ3n) is 4.34. The number of aromatic nitrogens is 2. The summed E-state index contributed by atoms with van der Waals surface area (Å²) in [5.74, 6) is 0.875. The van der Waals surface area contributed by atoms with Crippen LogP contribution in [0.4, 0.5) is 0 Å². The zero-order valence-electron chi connectivity index (χ0n) is 16.1. The van der Waals surface area contributed by atoms with Crippen molar-refractivity contribution in [1.82, 2.24) is 19.8 Å². The van der Waals surface area contributed by atoms with Crippen LogP contribution in [-0.2, 0) is 20.1 Å². The van der Waals surface area contributed by atoms with Crippen molar-refractivity contribution in [1.29, 1.82) is 0 Å². The SMILES string of the molecule is CN=C(NCc1sc(-c2ccccc2)nc1C)N(C)Cc1cccn1C.I. The first-order chi connectivity index (χ1) is 12.6. The number of guanidine groups is 1. The molecule has 0 saturated heterocycles. The molecule has 144 valence electrons. The second kappa shape index (κ2) is 9.89. The highest BCUT2D eigenvalue weighted by Gasteiger charge is 2.12. The second-order valence-electron chi connectivity index (χ2n) is 6.26. The van der Waals surface area contributed by atoms with Crippen LogP contribution < -0.4 is 5.32 Å². The Morgan fingerprint density at radius 2 is 1.96 bits per heavy atom. The third kappa shape index (κ3) is 5.32. The quantitative estimate of drug-likeness (QED) is 0.327. The van der Waals surface area contributed by atoms with E-state index in [4.69, 9.17) is 4.98 Å². The molecule has 3 aromatic rings. The molecule has 3 rings (SSSR count). The normalized spacial score (nSPS) is 11.2. The van der Waals surface area contributed by atoms with Gasteiger partial charge in [-0.3, -0.25) is 4.99 Å². The highest BCUT2D eigenvalue weighted by molar-refractivity contribution is 14.0. The predicted octanol–water partition coefficient (Wildman–Crippen LogP) is 4.28. The topological polar surface area (TPSA) is 45.5 Å². The Labute approximate surface area is 182 Å². The summed E-state index contributed by atoms with van der Waals surface area (Å²) in [6, 6.07) is 14.5. The first-order valence-electron chi connectivity index (χ1n) is 8.62. The summed E-state index contributed by atoms with van der Waals surface area (Å²) in [7, 11) is 5.93. The van der Waals surface area contributed by atoms with E-state index in [-0.39, 0.29) is 24.0 Å². The highest BCUT2D eigenvalue weighted by atomic mass is 127. The molecule has 0 spiro atoms. The van der Waals surface area contributed by atoms with Gasteiger partial charge in [0, 0.05) is 43.5 Å². The largest absolute Gasteiger partial charge is 0.353 e. The van der Waals surface area contributed by atoms with Crippen LogP contribution >= 0.6 is 35.3 Å². The number of halogens is 1. The summed E-state index contributed by atoms with van der Waals surface area (Å²) in [5, 5.41) is 4.52. The van der Waals surface area contributed by atoms with Crippen molar-refractivity contribution in [2.45, 2.75) is 20.0 Å². The van der Waals surface area contributed by atoms with Gasteiger partial charge in [0.2, 0.25) is 0 Å². The number of benzene rings is 1. The van der Waals surface area contributed by atoms with E-state index in [1.165, 1.54) is 10.6 Å². The Hall–Kier alpha value is -1.87. The van der Waals surface area contributed by atoms with Crippen molar-refractivity contribution < 1.29 is 0 Å². The molecule has 0 saturated carbocycles. The van der Waals surface area contributed by atoms with Crippen LogP contribution in [0.15, 0.2) is 53.7 Å². The average Bonchev–Trinajstić information content (AvgIpc) is 3.22. The van der Waals surface area contributed by atoms with Gasteiger partial charge in [0.15, 0.2) is 5.96 Å². The van der Waals surface area contributed by atoms with Gasteiger partial charge in [0.25, 0.3) is 0 Å². The third-order valence-corrected chi connectivity index (χ3v) is 5.55. The first kappa shape index (κ1) is 21.4. The van der Waals surface area contributed by atoms with E-state index in [0.717, 1.165) is 35.3 Å². The number of rotatable bonds is 5. The molecule has 1 aromatic carbocycles. The van der Waals surface area contributed by atoms with Gasteiger partial charge in [0.05, 0.1) is 18.8 Å². The molecule has 0 amide bonds. The van der Waals surface area contributed by atoms with Crippen molar-refractivity contribution >= 4 is 41.3 Å². The zero-order chi connectivity index (χ0) is 18.5. The fourth-order valence-corrected chi connectivity index (χ4v) is 3.83. The molecule has 1 N–H and O–H groups in total. The van der Waals surface area contributed by atoms with Crippen LogP contribution in [-0.4, -0.2) is 34.5 Å². The minimum absolute atomic E-state index is 0. The Bertz CT molecular complexity index is 885. The number of hydrogen-bond acceptors (Lipinski definition) is 3. The molecule has 0 atom stereocenters. The van der Waals surface area contributed by atoms with Gasteiger partial charge in [0.1, 0.15) is 5.01 Å². The lowest BCUT2D eigenvalue weighted by molar-refractivity contribution is 0.462. The minimum Gasteiger partial charge on any atom is -0.353 e. The molecule has 0 aliphatic rings. The lowest BCUT2D eigenvalue weighted by Crippen LogP contribution is -2.38. The maximum atomic E-state index is 4.72. The van der Waals surface area contributed by atoms with Crippen LogP contribution in [0.5, 0.6) is 0 Å². The number of nitrogens with zero attached hydrogens (tertiary/aromatic N) is 4. The standard InChI is InChI=1S/C20H25N5S.HI/c1-15-18(26-19(23-15)16-9-6-5-7-10-16)13-22-20(21-2)25(4)14-17-11-8-12-24(17)3;/h5-12H,13-14H2,1-4H3,(H,21,22);1H. The van der Waals surface area contributed by atoms with Gasteiger partial charge < -0.3 is 14.8 Å². The molecule has 5 nitrogen and oxygen atoms in total. The van der Waals surface area contributed by atoms with Gasteiger partial charge in [-0.25, -0.2) is 4.98 Å². The van der Waals surface area contributed by atoms with E-state index in [2.05, 4.69) is 71.3 Å². The zero-order valence-corrected chi connectivity index (χ0v) is 19.3. The summed E-state index contributed by atoms with van der Waals surface area (Å²) in [5.41, 5.74) is 3.48. The van der Waals surface area contributed by atoms with Gasteiger partial charge in [-0.05, 0) is 19.1 Å². The molecule has 0 aliphatic carbocycles. The van der Waals surface area contributed by atoms with Crippen molar-refractivity contribution in [3.8, 4) is 10.6 Å². The first-order valence-corrected chi connectivity index (χ1v) is 9.44.